The molecule has 0 radical (unpaired) electrons. The van der Waals surface area contributed by atoms with Gasteiger partial charge in [-0.2, -0.15) is 0 Å². The van der Waals surface area contributed by atoms with E-state index in [0.29, 0.717) is 18.3 Å². The number of rotatable bonds is 7. The van der Waals surface area contributed by atoms with Crippen LogP contribution in [0.25, 0.3) is 0 Å². The van der Waals surface area contributed by atoms with Gasteiger partial charge in [0.05, 0.1) is 24.4 Å². The molecular formula is C36H62O8. The van der Waals surface area contributed by atoms with Gasteiger partial charge in [-0.15, -0.1) is 0 Å². The highest BCUT2D eigenvalue weighted by molar-refractivity contribution is 5.20. The summed E-state index contributed by atoms with van der Waals surface area (Å²) in [5.41, 5.74) is 0.122. The van der Waals surface area contributed by atoms with E-state index in [2.05, 4.69) is 54.5 Å². The van der Waals surface area contributed by atoms with Crippen molar-refractivity contribution in [1.29, 1.82) is 0 Å². The Hall–Kier alpha value is -0.580. The first-order valence-electron chi connectivity index (χ1n) is 17.3. The topological polar surface area (TPSA) is 140 Å². The van der Waals surface area contributed by atoms with Crippen LogP contribution in [0.15, 0.2) is 11.6 Å². The van der Waals surface area contributed by atoms with Crippen LogP contribution in [0.2, 0.25) is 0 Å². The second-order valence-electron chi connectivity index (χ2n) is 17.3. The van der Waals surface area contributed by atoms with E-state index in [4.69, 9.17) is 9.47 Å². The summed E-state index contributed by atoms with van der Waals surface area (Å²) in [5, 5.41) is 64.8. The van der Waals surface area contributed by atoms with Crippen molar-refractivity contribution in [2.75, 3.05) is 6.61 Å². The Morgan fingerprint density at radius 2 is 1.55 bits per heavy atom. The molecule has 1 unspecified atom stereocenters. The van der Waals surface area contributed by atoms with Crippen LogP contribution >= 0.6 is 0 Å². The minimum absolute atomic E-state index is 0.0231. The summed E-state index contributed by atoms with van der Waals surface area (Å²) in [6.45, 7) is 17.5. The minimum Gasteiger partial charge on any atom is -0.394 e. The third kappa shape index (κ3) is 5.26. The van der Waals surface area contributed by atoms with Crippen molar-refractivity contribution in [3.63, 3.8) is 0 Å². The molecule has 1 saturated heterocycles. The number of hydrogen-bond acceptors (Lipinski definition) is 8. The lowest BCUT2D eigenvalue weighted by molar-refractivity contribution is -0.332. The van der Waals surface area contributed by atoms with Gasteiger partial charge >= 0.3 is 0 Å². The first-order chi connectivity index (χ1) is 20.3. The molecule has 0 aromatic carbocycles. The van der Waals surface area contributed by atoms with Gasteiger partial charge in [0.15, 0.2) is 6.29 Å². The van der Waals surface area contributed by atoms with Crippen LogP contribution < -0.4 is 0 Å². The predicted molar refractivity (Wildman–Crippen MR) is 168 cm³/mol. The normalized spacial score (nSPS) is 51.5. The maximum absolute atomic E-state index is 12.0. The van der Waals surface area contributed by atoms with Crippen LogP contribution in [-0.4, -0.2) is 85.8 Å². The summed E-state index contributed by atoms with van der Waals surface area (Å²) in [7, 11) is 0. The first-order valence-corrected chi connectivity index (χ1v) is 17.3. The van der Waals surface area contributed by atoms with Crippen molar-refractivity contribution in [1.82, 2.24) is 0 Å². The fourth-order valence-corrected chi connectivity index (χ4v) is 11.9. The molecule has 4 saturated carbocycles. The standard InChI is InChI=1S/C36H62O8/c1-20(2)10-9-14-36(8,42)21-11-16-35(7)27(21)22(38)18-25-33(5)15-13-26(32(3,4)24(33)12-17-34(25,35)6)44-31-30(41)29(40)28(39)23(19-37)43-31/h10,21-31,37-42H,9,11-19H2,1-8H3/t21-,22+,23+,24?,25+,26-,27-,28+,29-,30+,31-,33-,34+,35-,36-/m0/s1. The van der Waals surface area contributed by atoms with E-state index < -0.39 is 49.0 Å². The molecule has 8 nitrogen and oxygen atoms in total. The molecule has 1 heterocycles. The van der Waals surface area contributed by atoms with Crippen LogP contribution in [0.5, 0.6) is 0 Å². The summed E-state index contributed by atoms with van der Waals surface area (Å²) in [5.74, 6) is 0.792. The van der Waals surface area contributed by atoms with E-state index in [1.54, 1.807) is 0 Å². The number of ether oxygens (including phenoxy) is 2. The zero-order valence-electron chi connectivity index (χ0n) is 28.5. The fraction of sp³-hybridized carbons (Fsp3) is 0.944. The Morgan fingerprint density at radius 1 is 0.886 bits per heavy atom. The quantitative estimate of drug-likeness (QED) is 0.182. The number of fused-ring (bicyclic) bond motifs is 5. The second kappa shape index (κ2) is 11.8. The van der Waals surface area contributed by atoms with Crippen LogP contribution in [0.3, 0.4) is 0 Å². The Balaban J connectivity index is 1.37. The smallest absolute Gasteiger partial charge is 0.186 e. The number of allylic oxidation sites excluding steroid dienone is 2. The molecule has 5 fully saturated rings. The lowest BCUT2D eigenvalue weighted by Gasteiger charge is -2.70. The molecule has 8 heteroatoms. The summed E-state index contributed by atoms with van der Waals surface area (Å²) in [6.07, 6.45) is 3.15. The largest absolute Gasteiger partial charge is 0.394 e. The number of hydrogen-bond donors (Lipinski definition) is 6. The van der Waals surface area contributed by atoms with Gasteiger partial charge in [0, 0.05) is 0 Å². The molecule has 0 spiro atoms. The van der Waals surface area contributed by atoms with Gasteiger partial charge in [0.1, 0.15) is 24.4 Å². The highest BCUT2D eigenvalue weighted by atomic mass is 16.7. The molecule has 6 N–H and O–H groups in total. The Morgan fingerprint density at radius 3 is 2.18 bits per heavy atom. The van der Waals surface area contributed by atoms with Crippen LogP contribution in [0, 0.1) is 45.3 Å². The van der Waals surface area contributed by atoms with Gasteiger partial charge in [-0.1, -0.05) is 46.3 Å². The van der Waals surface area contributed by atoms with Crippen LogP contribution in [-0.2, 0) is 9.47 Å². The van der Waals surface area contributed by atoms with Gasteiger partial charge < -0.3 is 40.1 Å². The minimum atomic E-state index is -1.46. The van der Waals surface area contributed by atoms with Crippen molar-refractivity contribution in [3.8, 4) is 0 Å². The van der Waals surface area contributed by atoms with Gasteiger partial charge in [-0.05, 0) is 124 Å². The SMILES string of the molecule is CC(C)=CCC[C@](C)(O)[C@H]1CC[C@@]2(C)[C@@H]1[C@H](O)C[C@@H]1[C@@]3(C)CC[C@H](O[C@@H]4O[C@H](CO)[C@@H](O)[C@H](O)[C@H]4O)C(C)(C)C3CC[C@]12C. The first kappa shape index (κ1) is 34.7. The Kier molecular flexibility index (Phi) is 9.35. The molecule has 4 aliphatic carbocycles. The number of aliphatic hydroxyl groups excluding tert-OH is 5. The van der Waals surface area contributed by atoms with E-state index >= 15 is 0 Å². The van der Waals surface area contributed by atoms with E-state index in [9.17, 15) is 30.6 Å². The molecular weight excluding hydrogens is 560 g/mol. The zero-order chi connectivity index (χ0) is 32.6. The van der Waals surface area contributed by atoms with Crippen LogP contribution in [0.4, 0.5) is 0 Å². The van der Waals surface area contributed by atoms with Gasteiger partial charge in [0.2, 0.25) is 0 Å². The van der Waals surface area contributed by atoms with Gasteiger partial charge in [-0.25, -0.2) is 0 Å². The highest BCUT2D eigenvalue weighted by Gasteiger charge is 2.71. The van der Waals surface area contributed by atoms with E-state index in [1.165, 1.54) is 5.57 Å². The van der Waals surface area contributed by atoms with E-state index in [0.717, 1.165) is 51.4 Å². The molecule has 0 bridgehead atoms. The molecule has 0 aromatic rings. The highest BCUT2D eigenvalue weighted by Crippen LogP contribution is 2.76. The van der Waals surface area contributed by atoms with Crippen molar-refractivity contribution in [2.24, 2.45) is 45.3 Å². The Bertz CT molecular complexity index is 1070. The van der Waals surface area contributed by atoms with Crippen LogP contribution in [0.1, 0.15) is 113 Å². The molecule has 15 atom stereocenters. The summed E-state index contributed by atoms with van der Waals surface area (Å²) in [6, 6.07) is 0. The number of aliphatic hydroxyl groups is 6. The molecule has 1 aliphatic heterocycles. The predicted octanol–water partition coefficient (Wildman–Crippen LogP) is 4.32. The van der Waals surface area contributed by atoms with Crippen molar-refractivity contribution in [3.05, 3.63) is 11.6 Å². The third-order valence-corrected chi connectivity index (χ3v) is 14.5. The van der Waals surface area contributed by atoms with Crippen molar-refractivity contribution < 1.29 is 40.1 Å². The average Bonchev–Trinajstić information content (AvgIpc) is 3.32. The fourth-order valence-electron chi connectivity index (χ4n) is 11.9. The molecule has 0 aromatic heterocycles. The monoisotopic (exact) mass is 622 g/mol. The molecule has 5 rings (SSSR count). The lowest BCUT2D eigenvalue weighted by atomic mass is 9.35. The Labute approximate surface area is 265 Å². The molecule has 0 amide bonds. The second-order valence-corrected chi connectivity index (χ2v) is 17.3. The molecule has 254 valence electrons. The summed E-state index contributed by atoms with van der Waals surface area (Å²) >= 11 is 0. The van der Waals surface area contributed by atoms with Gasteiger partial charge in [0.25, 0.3) is 0 Å². The summed E-state index contributed by atoms with van der Waals surface area (Å²) in [4.78, 5) is 0. The summed E-state index contributed by atoms with van der Waals surface area (Å²) < 4.78 is 12.2. The third-order valence-electron chi connectivity index (χ3n) is 14.5. The lowest BCUT2D eigenvalue weighted by Crippen LogP contribution is -2.67. The van der Waals surface area contributed by atoms with E-state index in [1.807, 2.05) is 6.92 Å². The van der Waals surface area contributed by atoms with Crippen molar-refractivity contribution >= 4 is 0 Å². The van der Waals surface area contributed by atoms with Gasteiger partial charge in [-0.3, -0.25) is 0 Å². The average molecular weight is 623 g/mol. The maximum Gasteiger partial charge on any atom is 0.186 e. The van der Waals surface area contributed by atoms with Crippen molar-refractivity contribution in [2.45, 2.75) is 162 Å². The zero-order valence-corrected chi connectivity index (χ0v) is 28.5. The molecule has 5 aliphatic rings. The molecule has 44 heavy (non-hydrogen) atoms. The van der Waals surface area contributed by atoms with E-state index in [-0.39, 0.29) is 39.6 Å². The maximum atomic E-state index is 12.0.